The van der Waals surface area contributed by atoms with Crippen molar-refractivity contribution in [2.24, 2.45) is 0 Å². The zero-order chi connectivity index (χ0) is 13.2. The van der Waals surface area contributed by atoms with E-state index < -0.39 is 0 Å². The second-order valence-electron chi connectivity index (χ2n) is 4.85. The summed E-state index contributed by atoms with van der Waals surface area (Å²) >= 11 is 0. The highest BCUT2D eigenvalue weighted by molar-refractivity contribution is 5.68. The van der Waals surface area contributed by atoms with Crippen LogP contribution in [-0.2, 0) is 0 Å². The number of ether oxygens (including phenoxy) is 1. The predicted octanol–water partition coefficient (Wildman–Crippen LogP) is 2.05. The summed E-state index contributed by atoms with van der Waals surface area (Å²) in [5.74, 6) is 1.47. The van der Waals surface area contributed by atoms with Crippen LogP contribution in [0.25, 0.3) is 11.4 Å². The van der Waals surface area contributed by atoms with Crippen LogP contribution in [0.2, 0.25) is 0 Å². The SMILES string of the molecule is COc1ccc(N)cc1-c1nnnn1C1CCCC1. The summed E-state index contributed by atoms with van der Waals surface area (Å²) in [5, 5.41) is 12.1. The maximum Gasteiger partial charge on any atom is 0.186 e. The lowest BCUT2D eigenvalue weighted by atomic mass is 10.1. The Morgan fingerprint density at radius 3 is 2.84 bits per heavy atom. The number of nitrogen functional groups attached to an aromatic ring is 1. The van der Waals surface area contributed by atoms with Gasteiger partial charge in [0.05, 0.1) is 18.7 Å². The Labute approximate surface area is 111 Å². The van der Waals surface area contributed by atoms with Gasteiger partial charge in [0.15, 0.2) is 5.82 Å². The highest BCUT2D eigenvalue weighted by Gasteiger charge is 2.23. The third-order valence-electron chi connectivity index (χ3n) is 3.63. The maximum absolute atomic E-state index is 5.86. The Morgan fingerprint density at radius 1 is 1.32 bits per heavy atom. The van der Waals surface area contributed by atoms with Crippen LogP contribution < -0.4 is 10.5 Å². The summed E-state index contributed by atoms with van der Waals surface area (Å²) in [6.07, 6.45) is 4.72. The first-order valence-corrected chi connectivity index (χ1v) is 6.51. The number of benzene rings is 1. The van der Waals surface area contributed by atoms with Crippen molar-refractivity contribution in [2.45, 2.75) is 31.7 Å². The second kappa shape index (κ2) is 4.87. The van der Waals surface area contributed by atoms with Crippen molar-refractivity contribution in [3.63, 3.8) is 0 Å². The average Bonchev–Trinajstić information content (AvgIpc) is 3.09. The van der Waals surface area contributed by atoms with Crippen molar-refractivity contribution >= 4 is 5.69 Å². The maximum atomic E-state index is 5.86. The second-order valence-corrected chi connectivity index (χ2v) is 4.85. The van der Waals surface area contributed by atoms with E-state index in [1.807, 2.05) is 22.9 Å². The standard InChI is InChI=1S/C13H17N5O/c1-19-12-7-6-9(14)8-11(12)13-15-16-17-18(13)10-4-2-3-5-10/h6-8,10H,2-5,14H2,1H3. The molecule has 6 nitrogen and oxygen atoms in total. The normalized spacial score (nSPS) is 15.8. The van der Waals surface area contributed by atoms with Gasteiger partial charge in [0.1, 0.15) is 5.75 Å². The van der Waals surface area contributed by atoms with Gasteiger partial charge < -0.3 is 10.5 Å². The van der Waals surface area contributed by atoms with Crippen molar-refractivity contribution in [1.29, 1.82) is 0 Å². The van der Waals surface area contributed by atoms with Crippen LogP contribution in [0.1, 0.15) is 31.7 Å². The van der Waals surface area contributed by atoms with E-state index in [1.165, 1.54) is 12.8 Å². The largest absolute Gasteiger partial charge is 0.496 e. The van der Waals surface area contributed by atoms with E-state index in [1.54, 1.807) is 7.11 Å². The molecular formula is C13H17N5O. The summed E-state index contributed by atoms with van der Waals surface area (Å²) in [4.78, 5) is 0. The summed E-state index contributed by atoms with van der Waals surface area (Å²) < 4.78 is 7.28. The molecule has 0 unspecified atom stereocenters. The molecule has 0 saturated heterocycles. The van der Waals surface area contributed by atoms with Crippen molar-refractivity contribution in [3.05, 3.63) is 18.2 Å². The smallest absolute Gasteiger partial charge is 0.186 e. The van der Waals surface area contributed by atoms with Crippen LogP contribution >= 0.6 is 0 Å². The quantitative estimate of drug-likeness (QED) is 0.853. The Morgan fingerprint density at radius 2 is 2.11 bits per heavy atom. The minimum Gasteiger partial charge on any atom is -0.496 e. The third-order valence-corrected chi connectivity index (χ3v) is 3.63. The molecule has 1 aromatic carbocycles. The lowest BCUT2D eigenvalue weighted by molar-refractivity contribution is 0.414. The number of hydrogen-bond acceptors (Lipinski definition) is 5. The molecule has 2 N–H and O–H groups in total. The molecule has 0 spiro atoms. The number of rotatable bonds is 3. The highest BCUT2D eigenvalue weighted by atomic mass is 16.5. The minimum atomic E-state index is 0.385. The van der Waals surface area contributed by atoms with E-state index in [-0.39, 0.29) is 0 Å². The molecule has 0 atom stereocenters. The topological polar surface area (TPSA) is 78.8 Å². The van der Waals surface area contributed by atoms with E-state index in [0.29, 0.717) is 11.7 Å². The first-order chi connectivity index (χ1) is 9.29. The van der Waals surface area contributed by atoms with E-state index in [2.05, 4.69) is 15.5 Å². The van der Waals surface area contributed by atoms with E-state index >= 15 is 0 Å². The number of nitrogens with zero attached hydrogens (tertiary/aromatic N) is 4. The Balaban J connectivity index is 2.07. The average molecular weight is 259 g/mol. The van der Waals surface area contributed by atoms with Gasteiger partial charge >= 0.3 is 0 Å². The molecule has 100 valence electrons. The highest BCUT2D eigenvalue weighted by Crippen LogP contribution is 2.35. The number of tetrazole rings is 1. The summed E-state index contributed by atoms with van der Waals surface area (Å²) in [7, 11) is 1.64. The van der Waals surface area contributed by atoms with Gasteiger partial charge in [0.2, 0.25) is 0 Å². The molecule has 0 radical (unpaired) electrons. The van der Waals surface area contributed by atoms with Gasteiger partial charge in [0.25, 0.3) is 0 Å². The molecule has 3 rings (SSSR count). The number of aromatic nitrogens is 4. The number of anilines is 1. The number of hydrogen-bond donors (Lipinski definition) is 1. The fourth-order valence-corrected chi connectivity index (χ4v) is 2.67. The molecule has 1 aliphatic rings. The van der Waals surface area contributed by atoms with Gasteiger partial charge in [-0.15, -0.1) is 5.10 Å². The summed E-state index contributed by atoms with van der Waals surface area (Å²) in [6.45, 7) is 0. The molecule has 19 heavy (non-hydrogen) atoms. The molecule has 0 amide bonds. The first-order valence-electron chi connectivity index (χ1n) is 6.51. The van der Waals surface area contributed by atoms with Crippen LogP contribution in [0.3, 0.4) is 0 Å². The molecule has 1 saturated carbocycles. The fraction of sp³-hybridized carbons (Fsp3) is 0.462. The van der Waals surface area contributed by atoms with Crippen LogP contribution in [0.15, 0.2) is 18.2 Å². The Kier molecular flexibility index (Phi) is 3.06. The molecule has 2 aromatic rings. The van der Waals surface area contributed by atoms with E-state index in [4.69, 9.17) is 10.5 Å². The van der Waals surface area contributed by atoms with Crippen molar-refractivity contribution in [2.75, 3.05) is 12.8 Å². The molecule has 0 bridgehead atoms. The summed E-state index contributed by atoms with van der Waals surface area (Å²) in [5.41, 5.74) is 7.38. The lowest BCUT2D eigenvalue weighted by Gasteiger charge is -2.13. The van der Waals surface area contributed by atoms with Crippen LogP contribution in [0.5, 0.6) is 5.75 Å². The van der Waals surface area contributed by atoms with Gasteiger partial charge in [0, 0.05) is 5.69 Å². The van der Waals surface area contributed by atoms with Crippen molar-refractivity contribution in [1.82, 2.24) is 20.2 Å². The molecule has 1 heterocycles. The number of nitrogens with two attached hydrogens (primary N) is 1. The molecule has 1 aromatic heterocycles. The Hall–Kier alpha value is -2.11. The third kappa shape index (κ3) is 2.14. The molecule has 6 heteroatoms. The zero-order valence-corrected chi connectivity index (χ0v) is 10.9. The van der Waals surface area contributed by atoms with Crippen molar-refractivity contribution < 1.29 is 4.74 Å². The van der Waals surface area contributed by atoms with E-state index in [0.717, 1.165) is 30.0 Å². The monoisotopic (exact) mass is 259 g/mol. The fourth-order valence-electron chi connectivity index (χ4n) is 2.67. The summed E-state index contributed by atoms with van der Waals surface area (Å²) in [6, 6.07) is 5.90. The van der Waals surface area contributed by atoms with Gasteiger partial charge in [-0.1, -0.05) is 12.8 Å². The minimum absolute atomic E-state index is 0.385. The predicted molar refractivity (Wildman–Crippen MR) is 71.7 cm³/mol. The lowest BCUT2D eigenvalue weighted by Crippen LogP contribution is -2.09. The molecular weight excluding hydrogens is 242 g/mol. The van der Waals surface area contributed by atoms with Gasteiger partial charge in [-0.3, -0.25) is 0 Å². The van der Waals surface area contributed by atoms with Crippen LogP contribution in [0.4, 0.5) is 5.69 Å². The van der Waals surface area contributed by atoms with Gasteiger partial charge in [-0.25, -0.2) is 4.68 Å². The molecule has 1 fully saturated rings. The van der Waals surface area contributed by atoms with Crippen molar-refractivity contribution in [3.8, 4) is 17.1 Å². The van der Waals surface area contributed by atoms with Gasteiger partial charge in [-0.05, 0) is 41.5 Å². The molecule has 0 aliphatic heterocycles. The Bertz CT molecular complexity index is 574. The van der Waals surface area contributed by atoms with Crippen LogP contribution in [0, 0.1) is 0 Å². The zero-order valence-electron chi connectivity index (χ0n) is 10.9. The first kappa shape index (κ1) is 12.0. The van der Waals surface area contributed by atoms with Gasteiger partial charge in [-0.2, -0.15) is 0 Å². The van der Waals surface area contributed by atoms with E-state index in [9.17, 15) is 0 Å². The molecule has 1 aliphatic carbocycles. The number of methoxy groups -OCH3 is 1. The van der Waals surface area contributed by atoms with Crippen LogP contribution in [-0.4, -0.2) is 27.3 Å².